The van der Waals surface area contributed by atoms with Gasteiger partial charge in [0.2, 0.25) is 0 Å². The molecule has 28 heavy (non-hydrogen) atoms. The molecule has 2 amide bonds. The molecule has 2 saturated heterocycles. The highest BCUT2D eigenvalue weighted by Gasteiger charge is 2.46. The SMILES string of the molecule is CC(C)CN1CCC2(CCCN(Cc3cccs3)[C@H]2CNC(=O)N(C)C)CC1. The Morgan fingerprint density at radius 1 is 1.29 bits per heavy atom. The molecule has 3 heterocycles. The summed E-state index contributed by atoms with van der Waals surface area (Å²) in [4.78, 5) is 20.6. The van der Waals surface area contributed by atoms with E-state index in [-0.39, 0.29) is 6.03 Å². The first kappa shape index (κ1) is 21.6. The number of hydrogen-bond acceptors (Lipinski definition) is 4. The highest BCUT2D eigenvalue weighted by molar-refractivity contribution is 7.09. The summed E-state index contributed by atoms with van der Waals surface area (Å²) in [6.45, 7) is 11.1. The minimum Gasteiger partial charge on any atom is -0.336 e. The second kappa shape index (κ2) is 9.59. The molecule has 6 heteroatoms. The van der Waals surface area contributed by atoms with Crippen molar-refractivity contribution in [2.24, 2.45) is 11.3 Å². The molecule has 1 spiro atoms. The molecule has 1 aromatic heterocycles. The molecule has 1 aromatic rings. The summed E-state index contributed by atoms with van der Waals surface area (Å²) >= 11 is 1.84. The van der Waals surface area contributed by atoms with E-state index in [0.717, 1.165) is 25.6 Å². The van der Waals surface area contributed by atoms with E-state index < -0.39 is 0 Å². The lowest BCUT2D eigenvalue weighted by molar-refractivity contribution is -0.0357. The zero-order chi connectivity index (χ0) is 20.1. The Morgan fingerprint density at radius 3 is 2.64 bits per heavy atom. The molecule has 2 aliphatic rings. The van der Waals surface area contributed by atoms with Crippen LogP contribution in [0.2, 0.25) is 0 Å². The first-order chi connectivity index (χ1) is 13.4. The lowest BCUT2D eigenvalue weighted by Crippen LogP contribution is -2.60. The molecule has 2 fully saturated rings. The van der Waals surface area contributed by atoms with Gasteiger partial charge in [0, 0.05) is 44.6 Å². The minimum absolute atomic E-state index is 0.0223. The number of rotatable bonds is 6. The van der Waals surface area contributed by atoms with Gasteiger partial charge in [-0.05, 0) is 68.1 Å². The predicted octanol–water partition coefficient (Wildman–Crippen LogP) is 3.72. The van der Waals surface area contributed by atoms with Crippen LogP contribution in [-0.4, -0.2) is 73.6 Å². The fourth-order valence-corrected chi connectivity index (χ4v) is 5.83. The Kier molecular flexibility index (Phi) is 7.40. The van der Waals surface area contributed by atoms with Crippen molar-refractivity contribution in [1.29, 1.82) is 0 Å². The normalized spacial score (nSPS) is 23.2. The minimum atomic E-state index is 0.0223. The first-order valence-electron chi connectivity index (χ1n) is 10.8. The fraction of sp³-hybridized carbons (Fsp3) is 0.773. The Bertz CT molecular complexity index is 608. The molecular weight excluding hydrogens is 368 g/mol. The van der Waals surface area contributed by atoms with Gasteiger partial charge in [-0.15, -0.1) is 11.3 Å². The maximum Gasteiger partial charge on any atom is 0.316 e. The van der Waals surface area contributed by atoms with Crippen LogP contribution < -0.4 is 5.32 Å². The van der Waals surface area contributed by atoms with E-state index in [2.05, 4.69) is 46.5 Å². The van der Waals surface area contributed by atoms with Crippen molar-refractivity contribution in [3.63, 3.8) is 0 Å². The Balaban J connectivity index is 1.73. The third kappa shape index (κ3) is 5.28. The van der Waals surface area contributed by atoms with Gasteiger partial charge < -0.3 is 15.1 Å². The summed E-state index contributed by atoms with van der Waals surface area (Å²) in [6.07, 6.45) is 5.08. The molecule has 0 bridgehead atoms. The Hall–Kier alpha value is -1.11. The smallest absolute Gasteiger partial charge is 0.316 e. The highest BCUT2D eigenvalue weighted by Crippen LogP contribution is 2.45. The van der Waals surface area contributed by atoms with Crippen molar-refractivity contribution in [1.82, 2.24) is 20.0 Å². The molecule has 2 aliphatic heterocycles. The summed E-state index contributed by atoms with van der Waals surface area (Å²) in [5, 5.41) is 5.38. The third-order valence-electron chi connectivity index (χ3n) is 6.53. The summed E-state index contributed by atoms with van der Waals surface area (Å²) in [5.74, 6) is 0.728. The van der Waals surface area contributed by atoms with Crippen LogP contribution >= 0.6 is 11.3 Å². The molecule has 0 radical (unpaired) electrons. The van der Waals surface area contributed by atoms with E-state index in [4.69, 9.17) is 0 Å². The number of carbonyl (C=O) groups excluding carboxylic acids is 1. The van der Waals surface area contributed by atoms with Gasteiger partial charge in [-0.2, -0.15) is 0 Å². The summed E-state index contributed by atoms with van der Waals surface area (Å²) in [7, 11) is 3.64. The van der Waals surface area contributed by atoms with Crippen molar-refractivity contribution in [3.8, 4) is 0 Å². The lowest BCUT2D eigenvalue weighted by atomic mass is 9.66. The number of nitrogens with one attached hydrogen (secondary N) is 1. The average molecular weight is 407 g/mol. The van der Waals surface area contributed by atoms with Gasteiger partial charge in [0.05, 0.1) is 0 Å². The summed E-state index contributed by atoms with van der Waals surface area (Å²) < 4.78 is 0. The first-order valence-corrected chi connectivity index (χ1v) is 11.7. The molecule has 1 N–H and O–H groups in total. The fourth-order valence-electron chi connectivity index (χ4n) is 5.10. The Morgan fingerprint density at radius 2 is 2.04 bits per heavy atom. The van der Waals surface area contributed by atoms with Crippen molar-refractivity contribution in [2.45, 2.75) is 52.1 Å². The zero-order valence-corrected chi connectivity index (χ0v) is 18.9. The van der Waals surface area contributed by atoms with Gasteiger partial charge in [0.15, 0.2) is 0 Å². The molecule has 158 valence electrons. The van der Waals surface area contributed by atoms with Crippen LogP contribution in [0, 0.1) is 11.3 Å². The van der Waals surface area contributed by atoms with Crippen LogP contribution in [0.15, 0.2) is 17.5 Å². The monoisotopic (exact) mass is 406 g/mol. The number of thiophene rings is 1. The Labute approximate surface area is 175 Å². The molecule has 3 rings (SSSR count). The van der Waals surface area contributed by atoms with E-state index in [1.165, 1.54) is 50.2 Å². The van der Waals surface area contributed by atoms with Gasteiger partial charge in [0.25, 0.3) is 0 Å². The lowest BCUT2D eigenvalue weighted by Gasteiger charge is -2.54. The summed E-state index contributed by atoms with van der Waals surface area (Å²) in [5.41, 5.74) is 0.336. The predicted molar refractivity (Wildman–Crippen MR) is 118 cm³/mol. The number of likely N-dealkylation sites (tertiary alicyclic amines) is 2. The molecule has 0 saturated carbocycles. The van der Waals surface area contributed by atoms with Gasteiger partial charge >= 0.3 is 6.03 Å². The van der Waals surface area contributed by atoms with E-state index >= 15 is 0 Å². The standard InChI is InChI=1S/C22H38N4OS/c1-18(2)16-25-12-9-22(10-13-25)8-6-11-26(17-19-7-5-14-28-19)20(22)15-23-21(27)24(3)4/h5,7,14,18,20H,6,8-13,15-17H2,1-4H3,(H,23,27)/t20-/m0/s1. The van der Waals surface area contributed by atoms with Gasteiger partial charge in [-0.1, -0.05) is 19.9 Å². The molecule has 0 unspecified atom stereocenters. The number of amides is 2. The number of urea groups is 1. The van der Waals surface area contributed by atoms with Crippen molar-refractivity contribution in [3.05, 3.63) is 22.4 Å². The van der Waals surface area contributed by atoms with Crippen molar-refractivity contribution >= 4 is 17.4 Å². The van der Waals surface area contributed by atoms with E-state index in [0.29, 0.717) is 11.5 Å². The molecule has 0 aliphatic carbocycles. The highest BCUT2D eigenvalue weighted by atomic mass is 32.1. The van der Waals surface area contributed by atoms with Gasteiger partial charge in [0.1, 0.15) is 0 Å². The number of nitrogens with zero attached hydrogens (tertiary/aromatic N) is 3. The number of carbonyl (C=O) groups is 1. The van der Waals surface area contributed by atoms with Crippen LogP contribution in [0.5, 0.6) is 0 Å². The van der Waals surface area contributed by atoms with E-state index in [9.17, 15) is 4.79 Å². The van der Waals surface area contributed by atoms with Gasteiger partial charge in [-0.3, -0.25) is 4.90 Å². The summed E-state index contributed by atoms with van der Waals surface area (Å²) in [6, 6.07) is 4.84. The van der Waals surface area contributed by atoms with Crippen molar-refractivity contribution in [2.75, 3.05) is 46.8 Å². The number of hydrogen-bond donors (Lipinski definition) is 1. The average Bonchev–Trinajstić information content (AvgIpc) is 3.15. The molecule has 5 nitrogen and oxygen atoms in total. The molecular formula is C22H38N4OS. The third-order valence-corrected chi connectivity index (χ3v) is 7.40. The topological polar surface area (TPSA) is 38.8 Å². The van der Waals surface area contributed by atoms with Gasteiger partial charge in [-0.25, -0.2) is 4.79 Å². The van der Waals surface area contributed by atoms with Crippen LogP contribution in [0.4, 0.5) is 4.79 Å². The second-order valence-electron chi connectivity index (χ2n) is 9.31. The maximum atomic E-state index is 12.2. The maximum absolute atomic E-state index is 12.2. The zero-order valence-electron chi connectivity index (χ0n) is 18.1. The van der Waals surface area contributed by atoms with Crippen LogP contribution in [0.3, 0.4) is 0 Å². The van der Waals surface area contributed by atoms with Crippen LogP contribution in [0.25, 0.3) is 0 Å². The van der Waals surface area contributed by atoms with E-state index in [1.807, 2.05) is 25.4 Å². The molecule has 0 aromatic carbocycles. The second-order valence-corrected chi connectivity index (χ2v) is 10.3. The quantitative estimate of drug-likeness (QED) is 0.782. The van der Waals surface area contributed by atoms with Crippen LogP contribution in [-0.2, 0) is 6.54 Å². The number of piperidine rings is 2. The van der Waals surface area contributed by atoms with Crippen LogP contribution in [0.1, 0.15) is 44.4 Å². The molecule has 1 atom stereocenters. The van der Waals surface area contributed by atoms with Crippen molar-refractivity contribution < 1.29 is 4.79 Å². The largest absolute Gasteiger partial charge is 0.336 e. The van der Waals surface area contributed by atoms with E-state index in [1.54, 1.807) is 4.90 Å².